The summed E-state index contributed by atoms with van der Waals surface area (Å²) < 4.78 is 2.15. The number of primary amides is 1. The Morgan fingerprint density at radius 3 is 2.60 bits per heavy atom. The molecule has 0 aliphatic heterocycles. The minimum absolute atomic E-state index is 0.246. The van der Waals surface area contributed by atoms with Crippen molar-refractivity contribution in [2.24, 2.45) is 5.73 Å². The summed E-state index contributed by atoms with van der Waals surface area (Å²) in [6, 6.07) is 0.322. The maximum atomic E-state index is 10.9. The Kier molecular flexibility index (Phi) is 7.01. The van der Waals surface area contributed by atoms with Crippen molar-refractivity contribution in [2.45, 2.75) is 50.9 Å². The monoisotopic (exact) mass is 300 g/mol. The zero-order valence-electron chi connectivity index (χ0n) is 12.8. The first-order valence-electron chi connectivity index (χ1n) is 7.15. The predicted molar refractivity (Wildman–Crippen MR) is 80.7 cm³/mol. The Labute approximate surface area is 125 Å². The molecule has 1 rings (SSSR count). The third-order valence-electron chi connectivity index (χ3n) is 3.24. The lowest BCUT2D eigenvalue weighted by molar-refractivity contribution is -0.893. The Morgan fingerprint density at radius 2 is 2.10 bits per heavy atom. The number of carbonyl (C=O) groups is 1. The van der Waals surface area contributed by atoms with E-state index >= 15 is 0 Å². The van der Waals surface area contributed by atoms with Crippen LogP contribution in [0.15, 0.2) is 5.16 Å². The van der Waals surface area contributed by atoms with Crippen LogP contribution in [0.3, 0.4) is 0 Å². The summed E-state index contributed by atoms with van der Waals surface area (Å²) in [7, 11) is 4.26. The molecule has 0 unspecified atom stereocenters. The van der Waals surface area contributed by atoms with Gasteiger partial charge in [-0.15, -0.1) is 10.2 Å². The van der Waals surface area contributed by atoms with E-state index < -0.39 is 0 Å². The van der Waals surface area contributed by atoms with Crippen molar-refractivity contribution >= 4 is 17.7 Å². The van der Waals surface area contributed by atoms with Crippen LogP contribution in [0.2, 0.25) is 0 Å². The number of hydrogen-bond acceptors (Lipinski definition) is 4. The minimum atomic E-state index is -0.327. The molecule has 0 spiro atoms. The van der Waals surface area contributed by atoms with Crippen molar-refractivity contribution < 1.29 is 9.69 Å². The van der Waals surface area contributed by atoms with E-state index in [2.05, 4.69) is 42.7 Å². The highest BCUT2D eigenvalue weighted by Gasteiger charge is 2.24. The standard InChI is InChI=1S/C13H25N5OS/c1-5-7-8-18-12(10(6-2)17(3)4)15-16-13(18)20-9-11(14)19/h10H,5-9H2,1-4H3,(H2,14,19)/p+1/t10-/m0/s1. The summed E-state index contributed by atoms with van der Waals surface area (Å²) in [6.07, 6.45) is 3.20. The van der Waals surface area contributed by atoms with E-state index in [0.717, 1.165) is 36.8 Å². The first-order chi connectivity index (χ1) is 9.51. The fraction of sp³-hybridized carbons (Fsp3) is 0.769. The average Bonchev–Trinajstić information content (AvgIpc) is 2.77. The Balaban J connectivity index is 3.00. The maximum absolute atomic E-state index is 10.9. The lowest BCUT2D eigenvalue weighted by atomic mass is 10.2. The van der Waals surface area contributed by atoms with Crippen LogP contribution in [0, 0.1) is 0 Å². The molecular formula is C13H26N5OS+. The molecule has 0 aliphatic carbocycles. The molecule has 1 aromatic rings. The quantitative estimate of drug-likeness (QED) is 0.641. The topological polar surface area (TPSA) is 78.2 Å². The molecule has 0 radical (unpaired) electrons. The zero-order chi connectivity index (χ0) is 15.1. The van der Waals surface area contributed by atoms with Gasteiger partial charge >= 0.3 is 0 Å². The second-order valence-corrected chi connectivity index (χ2v) is 6.08. The molecular weight excluding hydrogens is 274 g/mol. The first-order valence-corrected chi connectivity index (χ1v) is 8.14. The van der Waals surface area contributed by atoms with Gasteiger partial charge in [0, 0.05) is 13.0 Å². The van der Waals surface area contributed by atoms with Gasteiger partial charge in [0.25, 0.3) is 0 Å². The van der Waals surface area contributed by atoms with E-state index in [1.54, 1.807) is 0 Å². The number of hydrogen-bond donors (Lipinski definition) is 2. The maximum Gasteiger partial charge on any atom is 0.227 e. The molecule has 0 saturated heterocycles. The Morgan fingerprint density at radius 1 is 1.40 bits per heavy atom. The van der Waals surface area contributed by atoms with Crippen molar-refractivity contribution in [3.05, 3.63) is 5.82 Å². The van der Waals surface area contributed by atoms with Crippen LogP contribution in [0.5, 0.6) is 0 Å². The van der Waals surface area contributed by atoms with Gasteiger partial charge in [-0.3, -0.25) is 4.79 Å². The van der Waals surface area contributed by atoms with Crippen LogP contribution in [-0.4, -0.2) is 40.5 Å². The van der Waals surface area contributed by atoms with Gasteiger partial charge in [0.05, 0.1) is 19.8 Å². The molecule has 1 aromatic heterocycles. The van der Waals surface area contributed by atoms with Crippen LogP contribution < -0.4 is 10.6 Å². The van der Waals surface area contributed by atoms with Crippen molar-refractivity contribution in [1.82, 2.24) is 14.8 Å². The number of carbonyl (C=O) groups excluding carboxylic acids is 1. The second-order valence-electron chi connectivity index (χ2n) is 5.14. The average molecular weight is 300 g/mol. The van der Waals surface area contributed by atoms with E-state index in [9.17, 15) is 4.79 Å². The molecule has 0 aliphatic rings. The summed E-state index contributed by atoms with van der Waals surface area (Å²) in [5.41, 5.74) is 5.21. The van der Waals surface area contributed by atoms with Gasteiger partial charge in [-0.05, 0) is 6.42 Å². The highest BCUT2D eigenvalue weighted by molar-refractivity contribution is 7.99. The van der Waals surface area contributed by atoms with Gasteiger partial charge in [-0.1, -0.05) is 32.0 Å². The fourth-order valence-electron chi connectivity index (χ4n) is 2.18. The second kappa shape index (κ2) is 8.26. The highest BCUT2D eigenvalue weighted by Crippen LogP contribution is 2.21. The summed E-state index contributed by atoms with van der Waals surface area (Å²) >= 11 is 1.37. The molecule has 0 fully saturated rings. The van der Waals surface area contributed by atoms with Crippen LogP contribution in [0.4, 0.5) is 0 Å². The minimum Gasteiger partial charge on any atom is -0.369 e. The van der Waals surface area contributed by atoms with Crippen molar-refractivity contribution in [3.63, 3.8) is 0 Å². The van der Waals surface area contributed by atoms with Crippen molar-refractivity contribution in [3.8, 4) is 0 Å². The largest absolute Gasteiger partial charge is 0.369 e. The van der Waals surface area contributed by atoms with Crippen molar-refractivity contribution in [1.29, 1.82) is 0 Å². The number of unbranched alkanes of at least 4 members (excludes halogenated alkanes) is 1. The Hall–Kier alpha value is -1.08. The lowest BCUT2D eigenvalue weighted by Crippen LogP contribution is -3.06. The molecule has 0 aromatic carbocycles. The first kappa shape index (κ1) is 17.0. The van der Waals surface area contributed by atoms with Crippen LogP contribution in [-0.2, 0) is 11.3 Å². The SMILES string of the molecule is CCCCn1c(SCC(N)=O)nnc1[C@H](CC)[NH+](C)C. The lowest BCUT2D eigenvalue weighted by Gasteiger charge is -2.20. The predicted octanol–water partition coefficient (Wildman–Crippen LogP) is 0.251. The number of quaternary nitrogens is 1. The highest BCUT2D eigenvalue weighted by atomic mass is 32.2. The molecule has 20 heavy (non-hydrogen) atoms. The number of amides is 1. The molecule has 1 heterocycles. The Bertz CT molecular complexity index is 432. The number of nitrogens with zero attached hydrogens (tertiary/aromatic N) is 3. The van der Waals surface area contributed by atoms with Gasteiger partial charge in [0.2, 0.25) is 5.91 Å². The molecule has 114 valence electrons. The van der Waals surface area contributed by atoms with Crippen molar-refractivity contribution in [2.75, 3.05) is 19.8 Å². The summed E-state index contributed by atoms with van der Waals surface area (Å²) in [5.74, 6) is 0.926. The third kappa shape index (κ3) is 4.49. The number of nitrogens with two attached hydrogens (primary N) is 1. The van der Waals surface area contributed by atoms with Crippen LogP contribution in [0.25, 0.3) is 0 Å². The summed E-state index contributed by atoms with van der Waals surface area (Å²) in [5, 5.41) is 9.40. The smallest absolute Gasteiger partial charge is 0.227 e. The number of nitrogens with one attached hydrogen (secondary N) is 1. The number of aromatic nitrogens is 3. The molecule has 1 amide bonds. The summed E-state index contributed by atoms with van der Waals surface area (Å²) in [4.78, 5) is 12.3. The van der Waals surface area contributed by atoms with E-state index in [1.807, 2.05) is 0 Å². The van der Waals surface area contributed by atoms with Gasteiger partial charge in [-0.25, -0.2) is 0 Å². The normalized spacial score (nSPS) is 12.8. The van der Waals surface area contributed by atoms with Crippen LogP contribution >= 0.6 is 11.8 Å². The van der Waals surface area contributed by atoms with Gasteiger partial charge in [-0.2, -0.15) is 0 Å². The molecule has 0 bridgehead atoms. The van der Waals surface area contributed by atoms with Crippen LogP contribution in [0.1, 0.15) is 45.0 Å². The van der Waals surface area contributed by atoms with E-state index in [-0.39, 0.29) is 11.7 Å². The van der Waals surface area contributed by atoms with E-state index in [4.69, 9.17) is 5.73 Å². The van der Waals surface area contributed by atoms with E-state index in [1.165, 1.54) is 16.7 Å². The van der Waals surface area contributed by atoms with Gasteiger partial charge in [0.15, 0.2) is 11.0 Å². The molecule has 1 atom stereocenters. The number of thioether (sulfide) groups is 1. The summed E-state index contributed by atoms with van der Waals surface area (Å²) in [6.45, 7) is 5.21. The molecule has 0 saturated carbocycles. The zero-order valence-corrected chi connectivity index (χ0v) is 13.7. The van der Waals surface area contributed by atoms with Gasteiger partial charge < -0.3 is 15.2 Å². The molecule has 3 N–H and O–H groups in total. The molecule has 7 heteroatoms. The van der Waals surface area contributed by atoms with Gasteiger partial charge in [0.1, 0.15) is 6.04 Å². The number of rotatable bonds is 9. The third-order valence-corrected chi connectivity index (χ3v) is 4.23. The molecule has 6 nitrogen and oxygen atoms in total. The fourth-order valence-corrected chi connectivity index (χ4v) is 2.89. The van der Waals surface area contributed by atoms with E-state index in [0.29, 0.717) is 6.04 Å².